The number of nitrogens with zero attached hydrogens (tertiary/aromatic N) is 2. The van der Waals surface area contributed by atoms with Gasteiger partial charge in [0, 0.05) is 24.1 Å². The van der Waals surface area contributed by atoms with Gasteiger partial charge in [0.05, 0.1) is 16.1 Å². The van der Waals surface area contributed by atoms with Crippen molar-refractivity contribution in [1.82, 2.24) is 10.2 Å². The Labute approximate surface area is 78.9 Å². The topological polar surface area (TPSA) is 97.8 Å². The number of aromatic amines is 1. The second-order valence-electron chi connectivity index (χ2n) is 2.86. The van der Waals surface area contributed by atoms with E-state index in [1.54, 1.807) is 6.07 Å². The zero-order chi connectivity index (χ0) is 10.1. The summed E-state index contributed by atoms with van der Waals surface area (Å²) in [6.07, 6.45) is 0. The van der Waals surface area contributed by atoms with Crippen molar-refractivity contribution in [2.45, 2.75) is 6.54 Å². The monoisotopic (exact) mass is 192 g/mol. The molecule has 0 saturated carbocycles. The molecule has 14 heavy (non-hydrogen) atoms. The number of nitrogens with two attached hydrogens (primary N) is 1. The smallest absolute Gasteiger partial charge is 0.271 e. The van der Waals surface area contributed by atoms with Crippen LogP contribution in [0.2, 0.25) is 0 Å². The summed E-state index contributed by atoms with van der Waals surface area (Å²) in [5.41, 5.74) is 6.84. The number of benzene rings is 1. The maximum atomic E-state index is 10.5. The van der Waals surface area contributed by atoms with E-state index in [2.05, 4.69) is 10.2 Å². The number of nitrogens with one attached hydrogen (secondary N) is 1. The maximum absolute atomic E-state index is 10.5. The van der Waals surface area contributed by atoms with E-state index in [1.165, 1.54) is 12.1 Å². The zero-order valence-electron chi connectivity index (χ0n) is 7.23. The first-order valence-corrected chi connectivity index (χ1v) is 4.04. The molecule has 0 saturated heterocycles. The van der Waals surface area contributed by atoms with Crippen LogP contribution in [0.15, 0.2) is 18.2 Å². The molecule has 0 fully saturated rings. The van der Waals surface area contributed by atoms with Crippen LogP contribution in [0.25, 0.3) is 10.9 Å². The lowest BCUT2D eigenvalue weighted by Gasteiger charge is -1.92. The predicted octanol–water partition coefficient (Wildman–Crippen LogP) is 0.930. The molecule has 0 radical (unpaired) electrons. The fourth-order valence-corrected chi connectivity index (χ4v) is 1.33. The lowest BCUT2D eigenvalue weighted by Crippen LogP contribution is -1.96. The number of H-pyrrole nitrogens is 1. The number of nitro groups is 1. The van der Waals surface area contributed by atoms with Gasteiger partial charge in [-0.15, -0.1) is 0 Å². The standard InChI is InChI=1S/C8H8N4O2/c9-4-8-6-2-1-5(12(13)14)3-7(6)10-11-8/h1-3H,4,9H2,(H,10,11). The third-order valence-electron chi connectivity index (χ3n) is 2.03. The van der Waals surface area contributed by atoms with Gasteiger partial charge in [-0.1, -0.05) is 0 Å². The number of rotatable bonds is 2. The lowest BCUT2D eigenvalue weighted by molar-refractivity contribution is -0.384. The summed E-state index contributed by atoms with van der Waals surface area (Å²) < 4.78 is 0. The van der Waals surface area contributed by atoms with E-state index in [-0.39, 0.29) is 5.69 Å². The van der Waals surface area contributed by atoms with Crippen LogP contribution in [0.5, 0.6) is 0 Å². The first-order valence-electron chi connectivity index (χ1n) is 4.04. The molecule has 0 aliphatic rings. The average Bonchev–Trinajstić information content (AvgIpc) is 2.59. The highest BCUT2D eigenvalue weighted by atomic mass is 16.6. The van der Waals surface area contributed by atoms with Crippen LogP contribution in [0.1, 0.15) is 5.69 Å². The number of aromatic nitrogens is 2. The molecule has 0 spiro atoms. The van der Waals surface area contributed by atoms with Gasteiger partial charge >= 0.3 is 0 Å². The molecule has 0 amide bonds. The minimum atomic E-state index is -0.442. The lowest BCUT2D eigenvalue weighted by atomic mass is 10.2. The molecule has 72 valence electrons. The third-order valence-corrected chi connectivity index (χ3v) is 2.03. The fourth-order valence-electron chi connectivity index (χ4n) is 1.33. The Balaban J connectivity index is 2.63. The van der Waals surface area contributed by atoms with Crippen LogP contribution >= 0.6 is 0 Å². The number of hydrogen-bond donors (Lipinski definition) is 2. The Morgan fingerprint density at radius 3 is 3.00 bits per heavy atom. The third kappa shape index (κ3) is 1.21. The van der Waals surface area contributed by atoms with E-state index in [9.17, 15) is 10.1 Å². The van der Waals surface area contributed by atoms with Crippen LogP contribution in [0, 0.1) is 10.1 Å². The molecule has 0 unspecified atom stereocenters. The van der Waals surface area contributed by atoms with Crippen molar-refractivity contribution < 1.29 is 4.92 Å². The van der Waals surface area contributed by atoms with Crippen molar-refractivity contribution in [3.05, 3.63) is 34.0 Å². The van der Waals surface area contributed by atoms with Gasteiger partial charge in [0.1, 0.15) is 0 Å². The molecular formula is C8H8N4O2. The van der Waals surface area contributed by atoms with Gasteiger partial charge in [0.2, 0.25) is 0 Å². The second kappa shape index (κ2) is 3.08. The first-order chi connectivity index (χ1) is 6.72. The minimum Gasteiger partial charge on any atom is -0.325 e. The van der Waals surface area contributed by atoms with Crippen molar-refractivity contribution in [2.75, 3.05) is 0 Å². The van der Waals surface area contributed by atoms with Gasteiger partial charge in [-0.05, 0) is 6.07 Å². The van der Waals surface area contributed by atoms with E-state index >= 15 is 0 Å². The van der Waals surface area contributed by atoms with E-state index < -0.39 is 4.92 Å². The Hall–Kier alpha value is -1.95. The Kier molecular flexibility index (Phi) is 1.90. The number of hydrogen-bond acceptors (Lipinski definition) is 4. The molecule has 3 N–H and O–H groups in total. The molecule has 0 aliphatic carbocycles. The van der Waals surface area contributed by atoms with Crippen molar-refractivity contribution in [3.8, 4) is 0 Å². The molecule has 1 aromatic carbocycles. The van der Waals surface area contributed by atoms with Gasteiger partial charge in [0.15, 0.2) is 0 Å². The van der Waals surface area contributed by atoms with Gasteiger partial charge < -0.3 is 5.73 Å². The fraction of sp³-hybridized carbons (Fsp3) is 0.125. The van der Waals surface area contributed by atoms with Crippen LogP contribution in [-0.2, 0) is 6.54 Å². The van der Waals surface area contributed by atoms with Gasteiger partial charge in [-0.2, -0.15) is 5.10 Å². The quantitative estimate of drug-likeness (QED) is 0.546. The van der Waals surface area contributed by atoms with E-state index in [0.717, 1.165) is 11.1 Å². The van der Waals surface area contributed by atoms with Crippen LogP contribution in [-0.4, -0.2) is 15.1 Å². The van der Waals surface area contributed by atoms with Crippen LogP contribution < -0.4 is 5.73 Å². The van der Waals surface area contributed by atoms with Crippen molar-refractivity contribution in [1.29, 1.82) is 0 Å². The van der Waals surface area contributed by atoms with Crippen molar-refractivity contribution >= 4 is 16.6 Å². The Bertz CT molecular complexity index is 491. The van der Waals surface area contributed by atoms with Crippen molar-refractivity contribution in [2.24, 2.45) is 5.73 Å². The summed E-state index contributed by atoms with van der Waals surface area (Å²) in [5, 5.41) is 17.9. The van der Waals surface area contributed by atoms with E-state index in [4.69, 9.17) is 5.73 Å². The molecule has 6 heteroatoms. The molecule has 0 aliphatic heterocycles. The SMILES string of the molecule is NCc1n[nH]c2cc([N+](=O)[O-])ccc12. The normalized spacial score (nSPS) is 10.6. The summed E-state index contributed by atoms with van der Waals surface area (Å²) in [4.78, 5) is 10.0. The highest BCUT2D eigenvalue weighted by Gasteiger charge is 2.09. The van der Waals surface area contributed by atoms with E-state index in [1.807, 2.05) is 0 Å². The largest absolute Gasteiger partial charge is 0.325 e. The Morgan fingerprint density at radius 2 is 2.36 bits per heavy atom. The van der Waals surface area contributed by atoms with Gasteiger partial charge in [0.25, 0.3) is 5.69 Å². The molecule has 0 atom stereocenters. The summed E-state index contributed by atoms with van der Waals surface area (Å²) in [7, 11) is 0. The minimum absolute atomic E-state index is 0.0460. The number of nitro benzene ring substituents is 1. The van der Waals surface area contributed by atoms with Crippen LogP contribution in [0.3, 0.4) is 0 Å². The van der Waals surface area contributed by atoms with Gasteiger partial charge in [-0.25, -0.2) is 0 Å². The Morgan fingerprint density at radius 1 is 1.57 bits per heavy atom. The highest BCUT2D eigenvalue weighted by molar-refractivity contribution is 5.83. The maximum Gasteiger partial charge on any atom is 0.271 e. The molecule has 0 bridgehead atoms. The van der Waals surface area contributed by atoms with Crippen LogP contribution in [0.4, 0.5) is 5.69 Å². The second-order valence-corrected chi connectivity index (χ2v) is 2.86. The van der Waals surface area contributed by atoms with E-state index in [0.29, 0.717) is 12.1 Å². The molecule has 1 heterocycles. The zero-order valence-corrected chi connectivity index (χ0v) is 7.23. The summed E-state index contributed by atoms with van der Waals surface area (Å²) >= 11 is 0. The first kappa shape index (κ1) is 8.64. The summed E-state index contributed by atoms with van der Waals surface area (Å²) in [5.74, 6) is 0. The molecule has 2 rings (SSSR count). The number of fused-ring (bicyclic) bond motifs is 1. The van der Waals surface area contributed by atoms with Crippen molar-refractivity contribution in [3.63, 3.8) is 0 Å². The van der Waals surface area contributed by atoms with Gasteiger partial charge in [-0.3, -0.25) is 15.2 Å². The average molecular weight is 192 g/mol. The molecule has 1 aromatic heterocycles. The summed E-state index contributed by atoms with van der Waals surface area (Å²) in [6, 6.07) is 4.54. The molecule has 6 nitrogen and oxygen atoms in total. The molecule has 2 aromatic rings. The molecular weight excluding hydrogens is 184 g/mol. The summed E-state index contributed by atoms with van der Waals surface area (Å²) in [6.45, 7) is 0.317. The highest BCUT2D eigenvalue weighted by Crippen LogP contribution is 2.21. The predicted molar refractivity (Wildman–Crippen MR) is 50.6 cm³/mol. The number of non-ortho nitro benzene ring substituents is 1.